The topological polar surface area (TPSA) is 108 Å². The monoisotopic (exact) mass is 793 g/mol. The predicted octanol–water partition coefficient (Wildman–Crippen LogP) is 9.36. The fourth-order valence-corrected chi connectivity index (χ4v) is 6.32. The SMILES string of the molecule is CCC1=C(C)c2cc3ccc([nH]3)c(-c3ccc(C(=O)O)cc3)c3ccc(cc4nc(cc5nc(cc1n2)C=C5)C(CC)=C4C)[nH]3.[Hg+2]. The van der Waals surface area contributed by atoms with Crippen molar-refractivity contribution in [1.29, 1.82) is 0 Å². The summed E-state index contributed by atoms with van der Waals surface area (Å²) >= 11 is 0. The molecule has 0 atom stereocenters. The van der Waals surface area contributed by atoms with E-state index in [1.54, 1.807) is 12.1 Å². The number of hydrogen-bond acceptors (Lipinski definition) is 4. The number of nitrogens with zero attached hydrogens (tertiary/aromatic N) is 3. The van der Waals surface area contributed by atoms with Gasteiger partial charge < -0.3 is 15.1 Å². The van der Waals surface area contributed by atoms with Crippen LogP contribution in [0.3, 0.4) is 0 Å². The molecule has 3 aliphatic rings. The Labute approximate surface area is 287 Å². The molecule has 7 rings (SSSR count). The Bertz CT molecular complexity index is 2110. The summed E-state index contributed by atoms with van der Waals surface area (Å²) < 4.78 is 0. The molecule has 0 saturated heterocycles. The van der Waals surface area contributed by atoms with E-state index in [0.29, 0.717) is 0 Å². The first-order chi connectivity index (χ1) is 21.8. The second kappa shape index (κ2) is 12.6. The summed E-state index contributed by atoms with van der Waals surface area (Å²) in [5, 5.41) is 9.49. The molecule has 7 nitrogen and oxygen atoms in total. The average molecular weight is 792 g/mol. The van der Waals surface area contributed by atoms with Gasteiger partial charge in [-0.15, -0.1) is 0 Å². The minimum absolute atomic E-state index is 0. The number of hydrogen-bond donors (Lipinski definition) is 3. The summed E-state index contributed by atoms with van der Waals surface area (Å²) in [7, 11) is 0. The van der Waals surface area contributed by atoms with Gasteiger partial charge >= 0.3 is 33.6 Å². The summed E-state index contributed by atoms with van der Waals surface area (Å²) in [5.74, 6) is -0.952. The van der Waals surface area contributed by atoms with Crippen LogP contribution >= 0.6 is 0 Å². The molecule has 0 spiro atoms. The number of rotatable bonds is 4. The van der Waals surface area contributed by atoms with Gasteiger partial charge in [0, 0.05) is 27.6 Å². The summed E-state index contributed by atoms with van der Waals surface area (Å²) in [6.45, 7) is 8.56. The molecule has 3 aromatic heterocycles. The van der Waals surface area contributed by atoms with E-state index >= 15 is 0 Å². The van der Waals surface area contributed by atoms with E-state index in [9.17, 15) is 9.90 Å². The molecule has 6 heterocycles. The molecule has 0 amide bonds. The fraction of sp³-hybridized carbons (Fsp3) is 0.158. The summed E-state index contributed by atoms with van der Waals surface area (Å²) in [4.78, 5) is 33.7. The van der Waals surface area contributed by atoms with Gasteiger partial charge in [0.2, 0.25) is 0 Å². The molecule has 0 fully saturated rings. The van der Waals surface area contributed by atoms with Crippen LogP contribution in [0.2, 0.25) is 0 Å². The van der Waals surface area contributed by atoms with Crippen LogP contribution in [0.15, 0.2) is 72.8 Å². The third-order valence-corrected chi connectivity index (χ3v) is 8.69. The second-order valence-corrected chi connectivity index (χ2v) is 11.5. The van der Waals surface area contributed by atoms with Crippen molar-refractivity contribution < 1.29 is 37.6 Å². The van der Waals surface area contributed by atoms with E-state index in [2.05, 4.69) is 86.2 Å². The first-order valence-corrected chi connectivity index (χ1v) is 15.3. The Morgan fingerprint density at radius 2 is 1.13 bits per heavy atom. The number of allylic oxidation sites excluding steroid dienone is 4. The average Bonchev–Trinajstić information content (AvgIpc) is 3.86. The first-order valence-electron chi connectivity index (χ1n) is 15.3. The van der Waals surface area contributed by atoms with Crippen molar-refractivity contribution in [3.05, 3.63) is 113 Å². The summed E-state index contributed by atoms with van der Waals surface area (Å²) in [5.41, 5.74) is 15.9. The largest absolute Gasteiger partial charge is 2.00 e. The standard InChI is InChI=1S/C38H33N5O2.Hg/c1-5-29-21(3)33-17-27-13-15-31(40-27)37(23-7-9-24(10-8-23)38(44)45)32-16-14-28(41-32)18-34-22(4)30(6-2)36(43-34)20-26-12-11-25(39-26)19-35(29)42-33;/h7-20,40-41H,5-6H2,1-4H3,(H,44,45);/q;+2. The number of carboxylic acids is 1. The van der Waals surface area contributed by atoms with Crippen molar-refractivity contribution >= 4 is 62.5 Å². The molecule has 46 heavy (non-hydrogen) atoms. The second-order valence-electron chi connectivity index (χ2n) is 11.5. The minimum Gasteiger partial charge on any atom is -0.478 e. The molecule has 3 aliphatic heterocycles. The molecule has 222 valence electrons. The number of fused-ring (bicyclic) bond motifs is 10. The van der Waals surface area contributed by atoms with Gasteiger partial charge in [-0.05, 0) is 127 Å². The Morgan fingerprint density at radius 1 is 0.652 bits per heavy atom. The smallest absolute Gasteiger partial charge is 0.478 e. The van der Waals surface area contributed by atoms with Gasteiger partial charge in [0.05, 0.1) is 39.7 Å². The summed E-state index contributed by atoms with van der Waals surface area (Å²) in [6, 6.07) is 23.5. The Balaban J connectivity index is 0.00000372. The Morgan fingerprint density at radius 3 is 1.57 bits per heavy atom. The van der Waals surface area contributed by atoms with Crippen LogP contribution in [0.5, 0.6) is 0 Å². The molecule has 8 heteroatoms. The van der Waals surface area contributed by atoms with Crippen LogP contribution in [0.25, 0.3) is 67.6 Å². The van der Waals surface area contributed by atoms with E-state index < -0.39 is 5.97 Å². The van der Waals surface area contributed by atoms with Crippen molar-refractivity contribution in [2.75, 3.05) is 0 Å². The van der Waals surface area contributed by atoms with Crippen LogP contribution in [-0.2, 0) is 27.7 Å². The van der Waals surface area contributed by atoms with Crippen molar-refractivity contribution in [3.63, 3.8) is 0 Å². The van der Waals surface area contributed by atoms with Crippen molar-refractivity contribution in [2.24, 2.45) is 0 Å². The van der Waals surface area contributed by atoms with Crippen molar-refractivity contribution in [2.45, 2.75) is 40.5 Å². The van der Waals surface area contributed by atoms with Gasteiger partial charge in [-0.3, -0.25) is 0 Å². The number of aromatic amines is 2. The molecular formula is C38H33HgN5O2+2. The van der Waals surface area contributed by atoms with Gasteiger partial charge in [-0.2, -0.15) is 0 Å². The predicted molar refractivity (Wildman–Crippen MR) is 183 cm³/mol. The number of aromatic nitrogens is 5. The number of nitrogens with one attached hydrogen (secondary N) is 2. The zero-order chi connectivity index (χ0) is 31.2. The van der Waals surface area contributed by atoms with Crippen LogP contribution in [0.4, 0.5) is 0 Å². The van der Waals surface area contributed by atoms with Gasteiger partial charge in [0.15, 0.2) is 0 Å². The van der Waals surface area contributed by atoms with Crippen molar-refractivity contribution in [1.82, 2.24) is 24.9 Å². The van der Waals surface area contributed by atoms with Gasteiger partial charge in [-0.25, -0.2) is 19.7 Å². The number of carboxylic acid groups (broad SMARTS) is 1. The molecular weight excluding hydrogens is 759 g/mol. The third-order valence-electron chi connectivity index (χ3n) is 8.69. The van der Waals surface area contributed by atoms with Crippen LogP contribution in [-0.4, -0.2) is 36.0 Å². The Kier molecular flexibility index (Phi) is 8.62. The first kappa shape index (κ1) is 31.4. The molecule has 1 aromatic carbocycles. The van der Waals surface area contributed by atoms with E-state index in [0.717, 1.165) is 91.3 Å². The van der Waals surface area contributed by atoms with E-state index in [4.69, 9.17) is 15.0 Å². The van der Waals surface area contributed by atoms with Crippen LogP contribution < -0.4 is 0 Å². The molecule has 4 aromatic rings. The maximum Gasteiger partial charge on any atom is 2.00 e. The summed E-state index contributed by atoms with van der Waals surface area (Å²) in [6.07, 6.45) is 5.80. The minimum atomic E-state index is -0.952. The van der Waals surface area contributed by atoms with Crippen LogP contribution in [0, 0.1) is 0 Å². The zero-order valence-electron chi connectivity index (χ0n) is 26.4. The third kappa shape index (κ3) is 5.76. The Hall–Kier alpha value is -4.62. The number of benzene rings is 1. The molecule has 0 aliphatic carbocycles. The van der Waals surface area contributed by atoms with Gasteiger partial charge in [0.25, 0.3) is 0 Å². The van der Waals surface area contributed by atoms with E-state index in [-0.39, 0.29) is 33.2 Å². The van der Waals surface area contributed by atoms with E-state index in [1.807, 2.05) is 24.3 Å². The van der Waals surface area contributed by atoms with Gasteiger partial charge in [0.1, 0.15) is 0 Å². The fourth-order valence-electron chi connectivity index (χ4n) is 6.32. The molecule has 0 unspecified atom stereocenters. The quantitative estimate of drug-likeness (QED) is 0.157. The van der Waals surface area contributed by atoms with Gasteiger partial charge in [-0.1, -0.05) is 26.0 Å². The van der Waals surface area contributed by atoms with E-state index in [1.165, 1.54) is 11.1 Å². The maximum absolute atomic E-state index is 11.6. The molecule has 10 bridgehead atoms. The number of carbonyl (C=O) groups is 1. The van der Waals surface area contributed by atoms with Crippen LogP contribution in [0.1, 0.15) is 85.1 Å². The maximum atomic E-state index is 11.6. The molecule has 3 N–H and O–H groups in total. The number of aromatic carboxylic acids is 1. The normalized spacial score (nSPS) is 13.1. The zero-order valence-corrected chi connectivity index (χ0v) is 31.9. The molecule has 0 radical (unpaired) electrons. The molecule has 0 saturated carbocycles. The number of H-pyrrole nitrogens is 2. The van der Waals surface area contributed by atoms with Crippen molar-refractivity contribution in [3.8, 4) is 11.1 Å².